The van der Waals surface area contributed by atoms with Gasteiger partial charge in [-0.2, -0.15) is 15.1 Å². The van der Waals surface area contributed by atoms with E-state index in [-0.39, 0.29) is 6.61 Å². The lowest BCUT2D eigenvalue weighted by Crippen LogP contribution is -2.30. The minimum atomic E-state index is 0.248. The summed E-state index contributed by atoms with van der Waals surface area (Å²) in [5.41, 5.74) is 0.767. The molecule has 0 amide bonds. The van der Waals surface area contributed by atoms with Crippen molar-refractivity contribution < 1.29 is 5.11 Å². The quantitative estimate of drug-likeness (QED) is 0.747. The summed E-state index contributed by atoms with van der Waals surface area (Å²) >= 11 is 0. The summed E-state index contributed by atoms with van der Waals surface area (Å²) in [6.45, 7) is 4.06. The van der Waals surface area contributed by atoms with E-state index in [1.165, 1.54) is 0 Å². The Morgan fingerprint density at radius 1 is 1.48 bits per heavy atom. The fraction of sp³-hybridized carbons (Fsp3) is 0.643. The summed E-state index contributed by atoms with van der Waals surface area (Å²) in [4.78, 5) is 11.5. The Labute approximate surface area is 123 Å². The van der Waals surface area contributed by atoms with Crippen molar-refractivity contribution in [2.45, 2.75) is 38.6 Å². The zero-order chi connectivity index (χ0) is 14.7. The lowest BCUT2D eigenvalue weighted by Gasteiger charge is -2.26. The predicted octanol–water partition coefficient (Wildman–Crippen LogP) is 1.53. The summed E-state index contributed by atoms with van der Waals surface area (Å²) in [5.74, 6) is 1.59. The molecule has 7 heteroatoms. The largest absolute Gasteiger partial charge is 0.396 e. The maximum absolute atomic E-state index is 9.07. The van der Waals surface area contributed by atoms with Gasteiger partial charge in [-0.25, -0.2) is 0 Å². The minimum absolute atomic E-state index is 0.248. The molecule has 2 aromatic rings. The van der Waals surface area contributed by atoms with E-state index in [0.717, 1.165) is 55.6 Å². The van der Waals surface area contributed by atoms with Gasteiger partial charge in [0.05, 0.1) is 11.6 Å². The molecule has 3 rings (SSSR count). The Balaban J connectivity index is 1.95. The van der Waals surface area contributed by atoms with Gasteiger partial charge in [0.2, 0.25) is 5.95 Å². The highest BCUT2D eigenvalue weighted by molar-refractivity contribution is 5.87. The number of nitrogens with zero attached hydrogens (tertiary/aromatic N) is 4. The maximum Gasteiger partial charge on any atom is 0.226 e. The van der Waals surface area contributed by atoms with Crippen LogP contribution in [0, 0.1) is 0 Å². The number of aromatic amines is 1. The first-order chi connectivity index (χ1) is 10.3. The first-order valence-electron chi connectivity index (χ1n) is 7.66. The van der Waals surface area contributed by atoms with Crippen molar-refractivity contribution in [3.05, 3.63) is 6.20 Å². The van der Waals surface area contributed by atoms with E-state index in [1.54, 1.807) is 6.20 Å². The number of aliphatic hydroxyl groups is 1. The van der Waals surface area contributed by atoms with E-state index in [2.05, 4.69) is 30.4 Å². The molecule has 0 spiro atoms. The van der Waals surface area contributed by atoms with Gasteiger partial charge in [0.1, 0.15) is 5.82 Å². The average Bonchev–Trinajstić information content (AvgIpc) is 3.13. The molecule has 1 aliphatic rings. The Morgan fingerprint density at radius 3 is 3.19 bits per heavy atom. The van der Waals surface area contributed by atoms with Crippen molar-refractivity contribution in [2.75, 3.05) is 29.9 Å². The zero-order valence-corrected chi connectivity index (χ0v) is 12.3. The van der Waals surface area contributed by atoms with Gasteiger partial charge in [-0.15, -0.1) is 0 Å². The van der Waals surface area contributed by atoms with Gasteiger partial charge in [-0.05, 0) is 32.6 Å². The van der Waals surface area contributed by atoms with E-state index in [4.69, 9.17) is 5.11 Å². The van der Waals surface area contributed by atoms with Crippen LogP contribution in [0.15, 0.2) is 6.20 Å². The van der Waals surface area contributed by atoms with Crippen molar-refractivity contribution in [3.63, 3.8) is 0 Å². The first kappa shape index (κ1) is 14.1. The van der Waals surface area contributed by atoms with Crippen LogP contribution in [0.1, 0.15) is 32.6 Å². The Kier molecular flexibility index (Phi) is 4.19. The molecule has 0 aromatic carbocycles. The molecule has 21 heavy (non-hydrogen) atoms. The summed E-state index contributed by atoms with van der Waals surface area (Å²) in [6, 6.07) is 0.444. The summed E-state index contributed by atoms with van der Waals surface area (Å²) < 4.78 is 0. The molecular formula is C14H22N6O. The number of aliphatic hydroxyl groups excluding tert-OH is 1. The third kappa shape index (κ3) is 2.78. The molecule has 2 aromatic heterocycles. The molecule has 3 N–H and O–H groups in total. The van der Waals surface area contributed by atoms with Crippen LogP contribution >= 0.6 is 0 Å². The van der Waals surface area contributed by atoms with Crippen LogP contribution in [0.5, 0.6) is 0 Å². The van der Waals surface area contributed by atoms with Crippen molar-refractivity contribution in [1.29, 1.82) is 0 Å². The second kappa shape index (κ2) is 6.26. The number of aromatic nitrogens is 4. The first-order valence-corrected chi connectivity index (χ1v) is 7.66. The second-order valence-corrected chi connectivity index (χ2v) is 5.39. The fourth-order valence-electron chi connectivity index (χ4n) is 3.02. The van der Waals surface area contributed by atoms with E-state index >= 15 is 0 Å². The van der Waals surface area contributed by atoms with E-state index in [9.17, 15) is 0 Å². The van der Waals surface area contributed by atoms with Crippen LogP contribution in [0.2, 0.25) is 0 Å². The van der Waals surface area contributed by atoms with Gasteiger partial charge in [0, 0.05) is 25.7 Å². The highest BCUT2D eigenvalue weighted by atomic mass is 16.2. The lowest BCUT2D eigenvalue weighted by atomic mass is 10.1. The van der Waals surface area contributed by atoms with E-state index in [0.29, 0.717) is 12.0 Å². The number of hydrogen-bond acceptors (Lipinski definition) is 6. The van der Waals surface area contributed by atoms with Crippen LogP contribution in [0.4, 0.5) is 11.8 Å². The summed E-state index contributed by atoms with van der Waals surface area (Å²) in [6.07, 6.45) is 5.94. The van der Waals surface area contributed by atoms with E-state index in [1.807, 2.05) is 6.92 Å². The summed E-state index contributed by atoms with van der Waals surface area (Å²) in [5, 5.41) is 20.2. The van der Waals surface area contributed by atoms with Gasteiger partial charge in [0.25, 0.3) is 0 Å². The molecule has 1 aliphatic heterocycles. The number of anilines is 2. The molecule has 1 unspecified atom stereocenters. The maximum atomic E-state index is 9.07. The molecule has 0 aliphatic carbocycles. The molecule has 0 saturated carbocycles. The van der Waals surface area contributed by atoms with Crippen molar-refractivity contribution in [2.24, 2.45) is 0 Å². The number of nitrogens with one attached hydrogen (secondary N) is 2. The number of H-pyrrole nitrogens is 1. The standard InChI is InChI=1S/C14H22N6O/c1-2-15-14-17-12-11(9-16-19-12)13(18-14)20-7-3-5-10(20)6-4-8-21/h9-10,21H,2-8H2,1H3,(H2,15,16,17,18,19). The van der Waals surface area contributed by atoms with Gasteiger partial charge in [-0.1, -0.05) is 0 Å². The Bertz CT molecular complexity index is 598. The van der Waals surface area contributed by atoms with Crippen molar-refractivity contribution in [1.82, 2.24) is 20.2 Å². The number of fused-ring (bicyclic) bond motifs is 1. The van der Waals surface area contributed by atoms with Gasteiger partial charge in [0.15, 0.2) is 5.65 Å². The normalized spacial score (nSPS) is 18.6. The van der Waals surface area contributed by atoms with Gasteiger partial charge < -0.3 is 15.3 Å². The highest BCUT2D eigenvalue weighted by Crippen LogP contribution is 2.31. The molecule has 114 valence electrons. The van der Waals surface area contributed by atoms with Crippen LogP contribution < -0.4 is 10.2 Å². The van der Waals surface area contributed by atoms with Crippen LogP contribution in [0.3, 0.4) is 0 Å². The van der Waals surface area contributed by atoms with Gasteiger partial charge in [-0.3, -0.25) is 5.10 Å². The third-order valence-electron chi connectivity index (χ3n) is 3.97. The van der Waals surface area contributed by atoms with Crippen LogP contribution in [-0.4, -0.2) is 51.0 Å². The highest BCUT2D eigenvalue weighted by Gasteiger charge is 2.27. The minimum Gasteiger partial charge on any atom is -0.396 e. The molecule has 0 radical (unpaired) electrons. The molecule has 7 nitrogen and oxygen atoms in total. The SMILES string of the molecule is CCNc1nc(N2CCCC2CCCO)c2cn[nH]c2n1. The molecule has 1 fully saturated rings. The third-order valence-corrected chi connectivity index (χ3v) is 3.97. The number of rotatable bonds is 6. The second-order valence-electron chi connectivity index (χ2n) is 5.39. The average molecular weight is 290 g/mol. The smallest absolute Gasteiger partial charge is 0.226 e. The molecular weight excluding hydrogens is 268 g/mol. The van der Waals surface area contributed by atoms with E-state index < -0.39 is 0 Å². The monoisotopic (exact) mass is 290 g/mol. The van der Waals surface area contributed by atoms with Crippen LogP contribution in [0.25, 0.3) is 11.0 Å². The molecule has 1 atom stereocenters. The zero-order valence-electron chi connectivity index (χ0n) is 12.3. The Morgan fingerprint density at radius 2 is 2.38 bits per heavy atom. The lowest BCUT2D eigenvalue weighted by molar-refractivity contribution is 0.279. The topological polar surface area (TPSA) is 90.0 Å². The number of hydrogen-bond donors (Lipinski definition) is 3. The predicted molar refractivity (Wildman–Crippen MR) is 82.5 cm³/mol. The molecule has 0 bridgehead atoms. The fourth-order valence-corrected chi connectivity index (χ4v) is 3.02. The van der Waals surface area contributed by atoms with Crippen LogP contribution in [-0.2, 0) is 0 Å². The van der Waals surface area contributed by atoms with Crippen molar-refractivity contribution >= 4 is 22.8 Å². The molecule has 3 heterocycles. The summed E-state index contributed by atoms with van der Waals surface area (Å²) in [7, 11) is 0. The van der Waals surface area contributed by atoms with Gasteiger partial charge >= 0.3 is 0 Å². The Hall–Kier alpha value is -1.89. The van der Waals surface area contributed by atoms with Crippen molar-refractivity contribution in [3.8, 4) is 0 Å². The molecule has 1 saturated heterocycles.